The molecule has 1 aliphatic rings. The highest BCUT2D eigenvalue weighted by atomic mass is 35.5. The van der Waals surface area contributed by atoms with E-state index >= 15 is 0 Å². The fourth-order valence-electron chi connectivity index (χ4n) is 4.58. The van der Waals surface area contributed by atoms with Crippen molar-refractivity contribution >= 4 is 28.5 Å². The van der Waals surface area contributed by atoms with Gasteiger partial charge in [0.05, 0.1) is 43.5 Å². The van der Waals surface area contributed by atoms with Gasteiger partial charge in [0.1, 0.15) is 11.3 Å². The molecule has 1 atom stereocenters. The van der Waals surface area contributed by atoms with Crippen molar-refractivity contribution < 1.29 is 23.1 Å². The maximum atomic E-state index is 13.7. The number of hydrogen-bond donors (Lipinski definition) is 0. The Labute approximate surface area is 213 Å². The van der Waals surface area contributed by atoms with E-state index in [0.717, 1.165) is 19.3 Å². The molecule has 1 aliphatic heterocycles. The molecule has 8 heteroatoms. The van der Waals surface area contributed by atoms with E-state index < -0.39 is 6.04 Å². The highest BCUT2D eigenvalue weighted by molar-refractivity contribution is 6.31. The van der Waals surface area contributed by atoms with Gasteiger partial charge in [-0.15, -0.1) is 0 Å². The Morgan fingerprint density at radius 2 is 1.92 bits per heavy atom. The van der Waals surface area contributed by atoms with Gasteiger partial charge < -0.3 is 23.2 Å². The molecule has 186 valence electrons. The van der Waals surface area contributed by atoms with E-state index in [9.17, 15) is 9.59 Å². The van der Waals surface area contributed by atoms with Gasteiger partial charge in [0.2, 0.25) is 5.76 Å². The molecule has 4 aromatic rings. The monoisotopic (exact) mass is 507 g/mol. The summed E-state index contributed by atoms with van der Waals surface area (Å²) < 4.78 is 23.0. The van der Waals surface area contributed by atoms with Crippen LogP contribution in [-0.2, 0) is 6.54 Å². The number of methoxy groups -OCH3 is 1. The van der Waals surface area contributed by atoms with Gasteiger partial charge in [-0.05, 0) is 54.4 Å². The molecule has 0 N–H and O–H groups in total. The van der Waals surface area contributed by atoms with Crippen LogP contribution in [0.3, 0.4) is 0 Å². The van der Waals surface area contributed by atoms with Gasteiger partial charge in [0, 0.05) is 5.02 Å². The number of carbonyl (C=O) groups excluding carboxylic acids is 1. The third-order valence-electron chi connectivity index (χ3n) is 6.34. The van der Waals surface area contributed by atoms with Crippen molar-refractivity contribution in [2.75, 3.05) is 13.7 Å². The molecule has 0 saturated heterocycles. The molecule has 0 saturated carbocycles. The van der Waals surface area contributed by atoms with Gasteiger partial charge >= 0.3 is 0 Å². The van der Waals surface area contributed by atoms with Crippen molar-refractivity contribution in [2.24, 2.45) is 0 Å². The third kappa shape index (κ3) is 4.35. The third-order valence-corrected chi connectivity index (χ3v) is 6.58. The molecule has 2 aromatic heterocycles. The van der Waals surface area contributed by atoms with Crippen LogP contribution in [0.5, 0.6) is 11.5 Å². The zero-order valence-corrected chi connectivity index (χ0v) is 20.8. The first-order chi connectivity index (χ1) is 17.5. The molecule has 5 rings (SSSR count). The van der Waals surface area contributed by atoms with Gasteiger partial charge in [0.25, 0.3) is 5.91 Å². The molecule has 0 fully saturated rings. The molecular weight excluding hydrogens is 482 g/mol. The first-order valence-electron chi connectivity index (χ1n) is 11.9. The van der Waals surface area contributed by atoms with Crippen LogP contribution in [0.15, 0.2) is 68.4 Å². The fraction of sp³-hybridized carbons (Fsp3) is 0.286. The van der Waals surface area contributed by atoms with E-state index in [1.165, 1.54) is 0 Å². The molecule has 0 spiro atoms. The van der Waals surface area contributed by atoms with Crippen molar-refractivity contribution in [2.45, 2.75) is 38.8 Å². The van der Waals surface area contributed by atoms with E-state index in [-0.39, 0.29) is 29.2 Å². The Bertz CT molecular complexity index is 1460. The average Bonchev–Trinajstić information content (AvgIpc) is 3.49. The van der Waals surface area contributed by atoms with Crippen LogP contribution in [0.4, 0.5) is 0 Å². The Hall–Kier alpha value is -3.71. The molecule has 0 radical (unpaired) electrons. The maximum Gasteiger partial charge on any atom is 0.291 e. The minimum atomic E-state index is -0.708. The normalized spacial score (nSPS) is 14.9. The Balaban J connectivity index is 1.62. The van der Waals surface area contributed by atoms with Gasteiger partial charge in [0.15, 0.2) is 16.9 Å². The zero-order valence-electron chi connectivity index (χ0n) is 20.1. The molecular formula is C28H26ClNO6. The number of furan rings is 1. The number of halogens is 1. The van der Waals surface area contributed by atoms with Crippen LogP contribution in [-0.4, -0.2) is 24.5 Å². The topological polar surface area (TPSA) is 82.1 Å². The van der Waals surface area contributed by atoms with E-state index in [0.29, 0.717) is 45.4 Å². The summed E-state index contributed by atoms with van der Waals surface area (Å²) in [7, 11) is 1.57. The predicted molar refractivity (Wildman–Crippen MR) is 136 cm³/mol. The van der Waals surface area contributed by atoms with Crippen molar-refractivity contribution in [1.29, 1.82) is 0 Å². The van der Waals surface area contributed by atoms with E-state index in [1.54, 1.807) is 54.7 Å². The van der Waals surface area contributed by atoms with Gasteiger partial charge in [-0.1, -0.05) is 37.4 Å². The summed E-state index contributed by atoms with van der Waals surface area (Å²) in [5, 5.41) is 0.732. The SMILES string of the molecule is CCCCCOc1ccc(C2c3c(oc4ccc(Cl)cc4c3=O)C(=O)N2Cc2ccco2)cc1OC. The summed E-state index contributed by atoms with van der Waals surface area (Å²) in [5.41, 5.74) is 0.969. The van der Waals surface area contributed by atoms with Crippen LogP contribution in [0, 0.1) is 0 Å². The molecule has 1 amide bonds. The number of rotatable bonds is 9. The Morgan fingerprint density at radius 3 is 2.67 bits per heavy atom. The number of fused-ring (bicyclic) bond motifs is 2. The summed E-state index contributed by atoms with van der Waals surface area (Å²) in [6.45, 7) is 2.88. The van der Waals surface area contributed by atoms with Crippen molar-refractivity contribution in [3.63, 3.8) is 0 Å². The number of nitrogens with zero attached hydrogens (tertiary/aromatic N) is 1. The lowest BCUT2D eigenvalue weighted by Crippen LogP contribution is -2.29. The largest absolute Gasteiger partial charge is 0.493 e. The molecule has 1 unspecified atom stereocenters. The molecule has 7 nitrogen and oxygen atoms in total. The van der Waals surface area contributed by atoms with Crippen molar-refractivity contribution in [3.8, 4) is 11.5 Å². The lowest BCUT2D eigenvalue weighted by atomic mass is 9.98. The van der Waals surface area contributed by atoms with Crippen LogP contribution >= 0.6 is 11.6 Å². The minimum absolute atomic E-state index is 0.0187. The lowest BCUT2D eigenvalue weighted by molar-refractivity contribution is 0.0701. The fourth-order valence-corrected chi connectivity index (χ4v) is 4.75. The van der Waals surface area contributed by atoms with E-state index in [4.69, 9.17) is 29.9 Å². The number of amides is 1. The van der Waals surface area contributed by atoms with Gasteiger partial charge in [-0.25, -0.2) is 0 Å². The second-order valence-electron chi connectivity index (χ2n) is 8.70. The summed E-state index contributed by atoms with van der Waals surface area (Å²) in [5.74, 6) is 1.35. The minimum Gasteiger partial charge on any atom is -0.493 e. The summed E-state index contributed by atoms with van der Waals surface area (Å²) in [6, 6.07) is 13.1. The number of unbranched alkanes of at least 4 members (excludes halogenated alkanes) is 2. The Morgan fingerprint density at radius 1 is 1.06 bits per heavy atom. The predicted octanol–water partition coefficient (Wildman–Crippen LogP) is 6.36. The van der Waals surface area contributed by atoms with Crippen LogP contribution in [0.2, 0.25) is 5.02 Å². The van der Waals surface area contributed by atoms with E-state index in [1.807, 2.05) is 12.1 Å². The Kier molecular flexibility index (Phi) is 6.74. The van der Waals surface area contributed by atoms with Gasteiger partial charge in [-0.3, -0.25) is 9.59 Å². The summed E-state index contributed by atoms with van der Waals surface area (Å²) in [4.78, 5) is 28.8. The number of ether oxygens (including phenoxy) is 2. The molecule has 0 bridgehead atoms. The number of hydrogen-bond acceptors (Lipinski definition) is 6. The molecule has 36 heavy (non-hydrogen) atoms. The lowest BCUT2D eigenvalue weighted by Gasteiger charge is -2.25. The quantitative estimate of drug-likeness (QED) is 0.245. The van der Waals surface area contributed by atoms with Crippen molar-refractivity contribution in [1.82, 2.24) is 4.90 Å². The second kappa shape index (κ2) is 10.1. The van der Waals surface area contributed by atoms with Gasteiger partial charge in [-0.2, -0.15) is 0 Å². The number of benzene rings is 2. The average molecular weight is 508 g/mol. The molecule has 3 heterocycles. The van der Waals surface area contributed by atoms with Crippen LogP contribution in [0.1, 0.15) is 59.7 Å². The molecule has 2 aromatic carbocycles. The summed E-state index contributed by atoms with van der Waals surface area (Å²) >= 11 is 6.16. The second-order valence-corrected chi connectivity index (χ2v) is 9.13. The molecule has 0 aliphatic carbocycles. The highest BCUT2D eigenvalue weighted by Gasteiger charge is 2.43. The summed E-state index contributed by atoms with van der Waals surface area (Å²) in [6.07, 6.45) is 4.67. The van der Waals surface area contributed by atoms with Crippen molar-refractivity contribution in [3.05, 3.63) is 92.7 Å². The zero-order chi connectivity index (χ0) is 25.2. The smallest absolute Gasteiger partial charge is 0.291 e. The highest BCUT2D eigenvalue weighted by Crippen LogP contribution is 2.42. The first-order valence-corrected chi connectivity index (χ1v) is 12.3. The van der Waals surface area contributed by atoms with Crippen LogP contribution < -0.4 is 14.9 Å². The maximum absolute atomic E-state index is 13.7. The number of carbonyl (C=O) groups is 1. The first kappa shape index (κ1) is 24.0. The van der Waals surface area contributed by atoms with Crippen LogP contribution in [0.25, 0.3) is 11.0 Å². The van der Waals surface area contributed by atoms with E-state index in [2.05, 4.69) is 6.92 Å². The standard InChI is InChI=1S/C28H26ClNO6/c1-3-4-5-12-35-22-10-8-17(14-23(22)33-2)25-24-26(31)20-15-18(29)9-11-21(20)36-27(24)28(32)30(25)16-19-7-6-13-34-19/h6-11,13-15,25H,3-5,12,16H2,1-2H3.